The lowest BCUT2D eigenvalue weighted by Crippen LogP contribution is -2.25. The number of aryl methyl sites for hydroxylation is 1. The number of amides is 1. The number of carbonyl (C=O) groups excluding carboxylic acids is 1. The summed E-state index contributed by atoms with van der Waals surface area (Å²) in [6.45, 7) is 2.02. The zero-order valence-electron chi connectivity index (χ0n) is 15.5. The van der Waals surface area contributed by atoms with Crippen molar-refractivity contribution >= 4 is 69.2 Å². The van der Waals surface area contributed by atoms with Gasteiger partial charge in [0, 0.05) is 19.2 Å². The van der Waals surface area contributed by atoms with Crippen LogP contribution in [-0.2, 0) is 4.79 Å². The zero-order valence-corrected chi connectivity index (χ0v) is 19.2. The van der Waals surface area contributed by atoms with Gasteiger partial charge in [-0.05, 0) is 88.7 Å². The van der Waals surface area contributed by atoms with Gasteiger partial charge in [-0.15, -0.1) is 0 Å². The normalized spacial score (nSPS) is 15.2. The fraction of sp³-hybridized carbons (Fsp3) is 0.0417. The summed E-state index contributed by atoms with van der Waals surface area (Å²) in [4.78, 5) is 15.2. The van der Waals surface area contributed by atoms with Gasteiger partial charge >= 0.3 is 0 Å². The van der Waals surface area contributed by atoms with Crippen LogP contribution in [0.4, 0.5) is 5.69 Å². The molecule has 0 bridgehead atoms. The quantitative estimate of drug-likeness (QED) is 0.255. The van der Waals surface area contributed by atoms with E-state index in [1.54, 1.807) is 17.0 Å². The third kappa shape index (κ3) is 4.13. The SMILES string of the molecule is Cc1cc(I)ccc1N1C(=O)/C(=C/c2ccc(Cl)cc2Cl)C=C1c1ccccc1. The Morgan fingerprint density at radius 2 is 1.72 bits per heavy atom. The second-order valence-corrected chi connectivity index (χ2v) is 8.82. The fourth-order valence-corrected chi connectivity index (χ4v) is 4.44. The van der Waals surface area contributed by atoms with Gasteiger partial charge in [0.2, 0.25) is 0 Å². The van der Waals surface area contributed by atoms with Gasteiger partial charge < -0.3 is 0 Å². The van der Waals surface area contributed by atoms with Gasteiger partial charge in [-0.1, -0.05) is 59.6 Å². The van der Waals surface area contributed by atoms with E-state index in [1.165, 1.54) is 0 Å². The Bertz CT molecular complexity index is 1170. The summed E-state index contributed by atoms with van der Waals surface area (Å²) in [5.74, 6) is -0.0841. The van der Waals surface area contributed by atoms with E-state index >= 15 is 0 Å². The molecule has 0 radical (unpaired) electrons. The Hall–Kier alpha value is -2.08. The monoisotopic (exact) mass is 531 g/mol. The van der Waals surface area contributed by atoms with E-state index in [2.05, 4.69) is 28.7 Å². The van der Waals surface area contributed by atoms with Crippen molar-refractivity contribution in [2.75, 3.05) is 4.90 Å². The Morgan fingerprint density at radius 1 is 0.966 bits per heavy atom. The molecule has 0 aliphatic carbocycles. The predicted octanol–water partition coefficient (Wildman–Crippen LogP) is 7.38. The molecule has 0 fully saturated rings. The van der Waals surface area contributed by atoms with E-state index in [1.807, 2.05) is 67.6 Å². The molecule has 1 amide bonds. The smallest absolute Gasteiger partial charge is 0.262 e. The Kier molecular flexibility index (Phi) is 5.81. The van der Waals surface area contributed by atoms with Crippen LogP contribution in [0, 0.1) is 10.5 Å². The van der Waals surface area contributed by atoms with Crippen LogP contribution in [0.2, 0.25) is 10.0 Å². The topological polar surface area (TPSA) is 20.3 Å². The second kappa shape index (κ2) is 8.34. The van der Waals surface area contributed by atoms with Crippen LogP contribution in [0.15, 0.2) is 78.4 Å². The molecule has 0 unspecified atom stereocenters. The van der Waals surface area contributed by atoms with Gasteiger partial charge in [0.15, 0.2) is 0 Å². The molecule has 1 heterocycles. The molecule has 3 aromatic carbocycles. The third-order valence-corrected chi connectivity index (χ3v) is 5.96. The van der Waals surface area contributed by atoms with Crippen LogP contribution in [0.5, 0.6) is 0 Å². The van der Waals surface area contributed by atoms with Crippen molar-refractivity contribution in [3.8, 4) is 0 Å². The third-order valence-electron chi connectivity index (χ3n) is 4.73. The summed E-state index contributed by atoms with van der Waals surface area (Å²) < 4.78 is 1.13. The van der Waals surface area contributed by atoms with Crippen molar-refractivity contribution in [3.05, 3.63) is 109 Å². The molecule has 3 aromatic rings. The van der Waals surface area contributed by atoms with Crippen LogP contribution >= 0.6 is 45.8 Å². The maximum atomic E-state index is 13.4. The number of hydrogen-bond donors (Lipinski definition) is 0. The number of nitrogens with zero attached hydrogens (tertiary/aromatic N) is 1. The van der Waals surface area contributed by atoms with Crippen molar-refractivity contribution < 1.29 is 4.79 Å². The lowest BCUT2D eigenvalue weighted by Gasteiger charge is -2.23. The summed E-state index contributed by atoms with van der Waals surface area (Å²) in [5.41, 5.74) is 5.06. The predicted molar refractivity (Wildman–Crippen MR) is 130 cm³/mol. The number of benzene rings is 3. The summed E-state index contributed by atoms with van der Waals surface area (Å²) in [5, 5.41) is 1.07. The number of anilines is 1. The first-order valence-corrected chi connectivity index (χ1v) is 10.8. The van der Waals surface area contributed by atoms with E-state index in [4.69, 9.17) is 23.2 Å². The first-order valence-electron chi connectivity index (χ1n) is 8.98. The van der Waals surface area contributed by atoms with Crippen LogP contribution in [0.25, 0.3) is 11.8 Å². The average Bonchev–Trinajstić information content (AvgIpc) is 3.01. The Morgan fingerprint density at radius 3 is 2.41 bits per heavy atom. The fourth-order valence-electron chi connectivity index (χ4n) is 3.33. The molecule has 29 heavy (non-hydrogen) atoms. The molecule has 1 aliphatic rings. The highest BCUT2D eigenvalue weighted by molar-refractivity contribution is 14.1. The lowest BCUT2D eigenvalue weighted by atomic mass is 10.1. The van der Waals surface area contributed by atoms with Gasteiger partial charge in [0.25, 0.3) is 5.91 Å². The average molecular weight is 532 g/mol. The highest BCUT2D eigenvalue weighted by Gasteiger charge is 2.31. The minimum absolute atomic E-state index is 0.0841. The highest BCUT2D eigenvalue weighted by atomic mass is 127. The molecule has 0 saturated heterocycles. The number of carbonyl (C=O) groups is 1. The molecule has 144 valence electrons. The van der Waals surface area contributed by atoms with Crippen LogP contribution in [0.1, 0.15) is 16.7 Å². The Labute approximate surface area is 193 Å². The van der Waals surface area contributed by atoms with Crippen molar-refractivity contribution in [2.24, 2.45) is 0 Å². The Balaban J connectivity index is 1.86. The maximum Gasteiger partial charge on any atom is 0.262 e. The molecule has 2 nitrogen and oxygen atoms in total. The highest BCUT2D eigenvalue weighted by Crippen LogP contribution is 2.37. The first kappa shape index (κ1) is 20.2. The molecular formula is C24H16Cl2INO. The van der Waals surface area contributed by atoms with E-state index in [0.29, 0.717) is 15.6 Å². The molecule has 0 aromatic heterocycles. The van der Waals surface area contributed by atoms with E-state index in [-0.39, 0.29) is 5.91 Å². The van der Waals surface area contributed by atoms with Gasteiger partial charge in [0.05, 0.1) is 11.4 Å². The number of hydrogen-bond acceptors (Lipinski definition) is 1. The molecule has 1 aliphatic heterocycles. The van der Waals surface area contributed by atoms with Crippen molar-refractivity contribution in [3.63, 3.8) is 0 Å². The van der Waals surface area contributed by atoms with Gasteiger partial charge in [0.1, 0.15) is 0 Å². The first-order chi connectivity index (χ1) is 13.9. The van der Waals surface area contributed by atoms with E-state index < -0.39 is 0 Å². The van der Waals surface area contributed by atoms with E-state index in [0.717, 1.165) is 31.6 Å². The number of rotatable bonds is 3. The van der Waals surface area contributed by atoms with Crippen molar-refractivity contribution in [2.45, 2.75) is 6.92 Å². The molecule has 5 heteroatoms. The molecule has 0 N–H and O–H groups in total. The summed E-state index contributed by atoms with van der Waals surface area (Å²) in [7, 11) is 0. The van der Waals surface area contributed by atoms with Crippen molar-refractivity contribution in [1.29, 1.82) is 0 Å². The minimum Gasteiger partial charge on any atom is -0.276 e. The van der Waals surface area contributed by atoms with Crippen molar-refractivity contribution in [1.82, 2.24) is 0 Å². The lowest BCUT2D eigenvalue weighted by molar-refractivity contribution is -0.113. The standard InChI is InChI=1S/C24H16Cl2INO/c1-15-11-20(27)9-10-22(15)28-23(16-5-3-2-4-6-16)13-18(24(28)29)12-17-7-8-19(25)14-21(17)26/h2-14H,1H3/b18-12+. The van der Waals surface area contributed by atoms with Gasteiger partial charge in [-0.3, -0.25) is 9.69 Å². The minimum atomic E-state index is -0.0841. The molecular weight excluding hydrogens is 516 g/mol. The number of halogens is 3. The van der Waals surface area contributed by atoms with Gasteiger partial charge in [-0.2, -0.15) is 0 Å². The second-order valence-electron chi connectivity index (χ2n) is 6.73. The van der Waals surface area contributed by atoms with Gasteiger partial charge in [-0.25, -0.2) is 0 Å². The molecule has 0 atom stereocenters. The summed E-state index contributed by atoms with van der Waals surface area (Å²) in [6, 6.07) is 21.3. The molecule has 0 saturated carbocycles. The maximum absolute atomic E-state index is 13.4. The summed E-state index contributed by atoms with van der Waals surface area (Å²) in [6.07, 6.45) is 3.73. The summed E-state index contributed by atoms with van der Waals surface area (Å²) >= 11 is 14.6. The van der Waals surface area contributed by atoms with E-state index in [9.17, 15) is 4.79 Å². The molecule has 4 rings (SSSR count). The van der Waals surface area contributed by atoms with Crippen LogP contribution in [-0.4, -0.2) is 5.91 Å². The van der Waals surface area contributed by atoms with Crippen LogP contribution in [0.3, 0.4) is 0 Å². The molecule has 0 spiro atoms. The largest absolute Gasteiger partial charge is 0.276 e. The van der Waals surface area contributed by atoms with Crippen LogP contribution < -0.4 is 4.90 Å². The zero-order chi connectivity index (χ0) is 20.5.